The summed E-state index contributed by atoms with van der Waals surface area (Å²) in [7, 11) is 0. The van der Waals surface area contributed by atoms with Crippen molar-refractivity contribution in [2.24, 2.45) is 23.2 Å². The van der Waals surface area contributed by atoms with Gasteiger partial charge in [-0.05, 0) is 68.1 Å². The highest BCUT2D eigenvalue weighted by Crippen LogP contribution is 2.60. The molecule has 0 aromatic rings. The third-order valence-corrected chi connectivity index (χ3v) is 6.55. The Labute approximate surface area is 164 Å². The maximum absolute atomic E-state index is 13.7. The third-order valence-electron chi connectivity index (χ3n) is 6.55. The monoisotopic (exact) mass is 438 g/mol. The van der Waals surface area contributed by atoms with E-state index in [1.165, 1.54) is 19.3 Å². The number of hydrogen-bond acceptors (Lipinski definition) is 2. The second-order valence-electron chi connectivity index (χ2n) is 9.30. The van der Waals surface area contributed by atoms with Crippen LogP contribution in [0.25, 0.3) is 0 Å². The van der Waals surface area contributed by atoms with Crippen molar-refractivity contribution in [2.45, 2.75) is 82.4 Å². The van der Waals surface area contributed by atoms with Crippen molar-refractivity contribution in [1.82, 2.24) is 0 Å². The van der Waals surface area contributed by atoms with E-state index in [1.807, 2.05) is 0 Å². The van der Waals surface area contributed by atoms with Crippen molar-refractivity contribution in [1.29, 1.82) is 0 Å². The first kappa shape index (κ1) is 23.0. The van der Waals surface area contributed by atoms with Gasteiger partial charge in [0.05, 0.1) is 6.61 Å². The van der Waals surface area contributed by atoms with Crippen molar-refractivity contribution < 1.29 is 44.6 Å². The summed E-state index contributed by atoms with van der Waals surface area (Å²) in [6.07, 6.45) is -6.76. The van der Waals surface area contributed by atoms with E-state index < -0.39 is 36.9 Å². The van der Waals surface area contributed by atoms with Gasteiger partial charge < -0.3 is 4.74 Å². The Kier molecular flexibility index (Phi) is 5.95. The topological polar surface area (TPSA) is 18.5 Å². The van der Waals surface area contributed by atoms with E-state index in [1.54, 1.807) is 0 Å². The zero-order chi connectivity index (χ0) is 21.7. The molecule has 4 aliphatic rings. The molecule has 4 bridgehead atoms. The Hall–Kier alpha value is -0.640. The first-order valence-electron chi connectivity index (χ1n) is 9.94. The molecule has 4 fully saturated rings. The van der Waals surface area contributed by atoms with Crippen LogP contribution in [0.2, 0.25) is 0 Å². The maximum atomic E-state index is 13.7. The van der Waals surface area contributed by atoms with Crippen LogP contribution in [0.3, 0.4) is 0 Å². The van der Waals surface area contributed by atoms with Crippen LogP contribution in [0.15, 0.2) is 0 Å². The molecule has 0 saturated heterocycles. The SMILES string of the molecule is CC(F)(F)C(F)(F)OC(F)(F)C(F)(F)CCCOCC12CC3CC(CC(C3)C1)C2. The van der Waals surface area contributed by atoms with E-state index in [0.29, 0.717) is 24.4 Å². The van der Waals surface area contributed by atoms with Crippen molar-refractivity contribution in [2.75, 3.05) is 13.2 Å². The lowest BCUT2D eigenvalue weighted by Gasteiger charge is -2.56. The number of hydrogen-bond donors (Lipinski definition) is 0. The molecule has 0 radical (unpaired) electrons. The normalized spacial score (nSPS) is 32.8. The molecule has 0 atom stereocenters. The molecule has 4 saturated carbocycles. The molecule has 0 spiro atoms. The lowest BCUT2D eigenvalue weighted by atomic mass is 9.50. The van der Waals surface area contributed by atoms with E-state index in [9.17, 15) is 35.1 Å². The molecule has 10 heteroatoms. The second-order valence-corrected chi connectivity index (χ2v) is 9.30. The molecule has 0 N–H and O–H groups in total. The van der Waals surface area contributed by atoms with Gasteiger partial charge in [0, 0.05) is 20.0 Å². The largest absolute Gasteiger partial charge is 0.423 e. The highest BCUT2D eigenvalue weighted by atomic mass is 19.3. The summed E-state index contributed by atoms with van der Waals surface area (Å²) in [4.78, 5) is 0. The van der Waals surface area contributed by atoms with E-state index in [0.717, 1.165) is 19.3 Å². The summed E-state index contributed by atoms with van der Waals surface area (Å²) in [6.45, 7) is -0.262. The number of alkyl halides is 8. The van der Waals surface area contributed by atoms with Crippen LogP contribution in [-0.2, 0) is 9.47 Å². The van der Waals surface area contributed by atoms with Gasteiger partial charge >= 0.3 is 24.1 Å². The molecular weight excluding hydrogens is 412 g/mol. The number of rotatable bonds is 10. The van der Waals surface area contributed by atoms with Crippen LogP contribution in [0.1, 0.15) is 58.3 Å². The molecule has 0 aliphatic heterocycles. The Morgan fingerprint density at radius 3 is 1.72 bits per heavy atom. The molecular formula is C19H26F8O2. The van der Waals surface area contributed by atoms with E-state index in [4.69, 9.17) is 4.74 Å². The predicted molar refractivity (Wildman–Crippen MR) is 87.2 cm³/mol. The zero-order valence-corrected chi connectivity index (χ0v) is 16.1. The minimum Gasteiger partial charge on any atom is -0.381 e. The van der Waals surface area contributed by atoms with Gasteiger partial charge in [-0.25, -0.2) is 4.74 Å². The van der Waals surface area contributed by atoms with Crippen LogP contribution in [-0.4, -0.2) is 37.3 Å². The van der Waals surface area contributed by atoms with Gasteiger partial charge in [-0.3, -0.25) is 0 Å². The quantitative estimate of drug-likeness (QED) is 0.287. The highest BCUT2D eigenvalue weighted by molar-refractivity contribution is 5.01. The first-order chi connectivity index (χ1) is 13.1. The minimum atomic E-state index is -5.74. The molecule has 0 aromatic heterocycles. The molecule has 4 aliphatic carbocycles. The van der Waals surface area contributed by atoms with Crippen molar-refractivity contribution in [3.8, 4) is 0 Å². The predicted octanol–water partition coefficient (Wildman–Crippen LogP) is 6.49. The lowest BCUT2D eigenvalue weighted by molar-refractivity contribution is -0.465. The second kappa shape index (κ2) is 7.50. The standard InChI is InChI=1S/C19H26F8O2/c1-15(20,21)18(24,25)29-19(26,27)17(22,23)3-2-4-28-11-16-8-12-5-13(9-16)7-14(6-12)10-16/h12-14H,2-11H2,1H3. The Morgan fingerprint density at radius 1 is 0.793 bits per heavy atom. The zero-order valence-electron chi connectivity index (χ0n) is 16.1. The summed E-state index contributed by atoms with van der Waals surface area (Å²) in [5.74, 6) is -8.06. The van der Waals surface area contributed by atoms with Gasteiger partial charge in [0.25, 0.3) is 0 Å². The summed E-state index contributed by atoms with van der Waals surface area (Å²) in [5, 5.41) is 0. The summed E-state index contributed by atoms with van der Waals surface area (Å²) < 4.78 is 113. The molecule has 0 aromatic carbocycles. The van der Waals surface area contributed by atoms with E-state index >= 15 is 0 Å². The fourth-order valence-corrected chi connectivity index (χ4v) is 5.62. The molecule has 4 rings (SSSR count). The molecule has 170 valence electrons. The number of halogens is 8. The van der Waals surface area contributed by atoms with Gasteiger partial charge in [0.1, 0.15) is 0 Å². The Balaban J connectivity index is 1.44. The third kappa shape index (κ3) is 4.83. The van der Waals surface area contributed by atoms with Crippen molar-refractivity contribution in [3.05, 3.63) is 0 Å². The smallest absolute Gasteiger partial charge is 0.381 e. The average molecular weight is 438 g/mol. The van der Waals surface area contributed by atoms with Gasteiger partial charge in [0.2, 0.25) is 0 Å². The van der Waals surface area contributed by atoms with E-state index in [-0.39, 0.29) is 18.9 Å². The molecule has 29 heavy (non-hydrogen) atoms. The number of ether oxygens (including phenoxy) is 2. The van der Waals surface area contributed by atoms with Crippen LogP contribution in [0.4, 0.5) is 35.1 Å². The van der Waals surface area contributed by atoms with Crippen LogP contribution >= 0.6 is 0 Å². The molecule has 0 amide bonds. The summed E-state index contributed by atoms with van der Waals surface area (Å²) in [6, 6.07) is 0. The fraction of sp³-hybridized carbons (Fsp3) is 1.00. The maximum Gasteiger partial charge on any atom is 0.423 e. The van der Waals surface area contributed by atoms with Gasteiger partial charge in [-0.15, -0.1) is 0 Å². The van der Waals surface area contributed by atoms with Gasteiger partial charge in [0.15, 0.2) is 0 Å². The fourth-order valence-electron chi connectivity index (χ4n) is 5.62. The lowest BCUT2D eigenvalue weighted by Crippen LogP contribution is -2.52. The van der Waals surface area contributed by atoms with E-state index in [2.05, 4.69) is 4.74 Å². The van der Waals surface area contributed by atoms with Crippen molar-refractivity contribution >= 4 is 0 Å². The van der Waals surface area contributed by atoms with Crippen LogP contribution < -0.4 is 0 Å². The molecule has 0 heterocycles. The first-order valence-corrected chi connectivity index (χ1v) is 9.94. The van der Waals surface area contributed by atoms with Crippen LogP contribution in [0.5, 0.6) is 0 Å². The summed E-state index contributed by atoms with van der Waals surface area (Å²) >= 11 is 0. The Morgan fingerprint density at radius 2 is 1.28 bits per heavy atom. The summed E-state index contributed by atoms with van der Waals surface area (Å²) in [5.41, 5.74) is 0.0269. The van der Waals surface area contributed by atoms with Crippen molar-refractivity contribution in [3.63, 3.8) is 0 Å². The Bertz CT molecular complexity index is 552. The highest BCUT2D eigenvalue weighted by Gasteiger charge is 2.67. The van der Waals surface area contributed by atoms with Gasteiger partial charge in [-0.1, -0.05) is 0 Å². The van der Waals surface area contributed by atoms with Gasteiger partial charge in [-0.2, -0.15) is 35.1 Å². The van der Waals surface area contributed by atoms with Crippen LogP contribution in [0, 0.1) is 23.2 Å². The minimum absolute atomic E-state index is 0.0269. The molecule has 2 nitrogen and oxygen atoms in total. The molecule has 0 unspecified atom stereocenters. The average Bonchev–Trinajstić information content (AvgIpc) is 2.50.